The minimum Gasteiger partial charge on any atom is -0.292 e. The van der Waals surface area contributed by atoms with Gasteiger partial charge in [-0.3, -0.25) is 9.36 Å². The fraction of sp³-hybridized carbons (Fsp3) is 0.231. The van der Waals surface area contributed by atoms with E-state index in [1.165, 1.54) is 0 Å². The van der Waals surface area contributed by atoms with Crippen molar-refractivity contribution in [1.29, 1.82) is 0 Å². The van der Waals surface area contributed by atoms with Crippen molar-refractivity contribution >= 4 is 0 Å². The lowest BCUT2D eigenvalue weighted by atomic mass is 10.2. The van der Waals surface area contributed by atoms with Gasteiger partial charge >= 0.3 is 18.0 Å². The van der Waals surface area contributed by atoms with Crippen LogP contribution in [-0.4, -0.2) is 9.13 Å². The summed E-state index contributed by atoms with van der Waals surface area (Å²) in [5.41, 5.74) is -7.01. The van der Waals surface area contributed by atoms with Gasteiger partial charge in [-0.25, -0.2) is 13.8 Å². The standard InChI is InChI=1S/C13H7F7N2O2/c1-21-9(13(18,19)20)5-10(23)22(11(21)24)8-3-6(12(15,16)17)2-7(14)4-8/h2-5H,1H3. The number of halogens is 7. The first-order chi connectivity index (χ1) is 10.8. The van der Waals surface area contributed by atoms with Crippen LogP contribution in [0.2, 0.25) is 0 Å². The second-order valence-corrected chi connectivity index (χ2v) is 4.74. The summed E-state index contributed by atoms with van der Waals surface area (Å²) in [6.45, 7) is 0. The quantitative estimate of drug-likeness (QED) is 0.738. The van der Waals surface area contributed by atoms with Crippen molar-refractivity contribution in [2.45, 2.75) is 12.4 Å². The number of nitrogens with zero attached hydrogens (tertiary/aromatic N) is 2. The first-order valence-electron chi connectivity index (χ1n) is 6.11. The summed E-state index contributed by atoms with van der Waals surface area (Å²) < 4.78 is 89.6. The average Bonchev–Trinajstić information content (AvgIpc) is 2.40. The van der Waals surface area contributed by atoms with E-state index in [0.717, 1.165) is 0 Å². The lowest BCUT2D eigenvalue weighted by Crippen LogP contribution is -2.40. The van der Waals surface area contributed by atoms with Gasteiger partial charge in [0.15, 0.2) is 0 Å². The van der Waals surface area contributed by atoms with Crippen molar-refractivity contribution in [3.8, 4) is 5.69 Å². The lowest BCUT2D eigenvalue weighted by Gasteiger charge is -2.15. The van der Waals surface area contributed by atoms with Crippen molar-refractivity contribution in [3.63, 3.8) is 0 Å². The molecule has 0 saturated carbocycles. The third-order valence-corrected chi connectivity index (χ3v) is 3.08. The Morgan fingerprint density at radius 1 is 0.875 bits per heavy atom. The average molecular weight is 356 g/mol. The van der Waals surface area contributed by atoms with E-state index in [9.17, 15) is 40.3 Å². The van der Waals surface area contributed by atoms with Crippen LogP contribution < -0.4 is 11.2 Å². The molecule has 0 radical (unpaired) electrons. The minimum absolute atomic E-state index is 0.0214. The van der Waals surface area contributed by atoms with Crippen molar-refractivity contribution in [2.75, 3.05) is 0 Å². The van der Waals surface area contributed by atoms with E-state index in [4.69, 9.17) is 0 Å². The molecule has 24 heavy (non-hydrogen) atoms. The molecule has 1 aromatic carbocycles. The molecule has 0 spiro atoms. The van der Waals surface area contributed by atoms with Gasteiger partial charge in [0.1, 0.15) is 11.5 Å². The third-order valence-electron chi connectivity index (χ3n) is 3.08. The van der Waals surface area contributed by atoms with Gasteiger partial charge in [0.25, 0.3) is 5.56 Å². The molecule has 0 saturated heterocycles. The van der Waals surface area contributed by atoms with Crippen LogP contribution in [-0.2, 0) is 19.4 Å². The summed E-state index contributed by atoms with van der Waals surface area (Å²) in [5.74, 6) is -1.41. The Kier molecular flexibility index (Phi) is 4.07. The maximum atomic E-state index is 13.4. The van der Waals surface area contributed by atoms with Crippen LogP contribution in [0.25, 0.3) is 5.69 Å². The van der Waals surface area contributed by atoms with E-state index >= 15 is 0 Å². The lowest BCUT2D eigenvalue weighted by molar-refractivity contribution is -0.144. The van der Waals surface area contributed by atoms with Crippen LogP contribution in [0.4, 0.5) is 30.7 Å². The molecule has 0 N–H and O–H groups in total. The Morgan fingerprint density at radius 3 is 1.96 bits per heavy atom. The van der Waals surface area contributed by atoms with Crippen LogP contribution in [0.1, 0.15) is 11.3 Å². The van der Waals surface area contributed by atoms with Gasteiger partial charge < -0.3 is 0 Å². The van der Waals surface area contributed by atoms with Crippen LogP contribution in [0, 0.1) is 5.82 Å². The number of rotatable bonds is 1. The molecule has 0 aliphatic rings. The van der Waals surface area contributed by atoms with Gasteiger partial charge in [0.2, 0.25) is 0 Å². The summed E-state index contributed by atoms with van der Waals surface area (Å²) >= 11 is 0. The monoisotopic (exact) mass is 356 g/mol. The number of alkyl halides is 6. The van der Waals surface area contributed by atoms with Gasteiger partial charge in [0, 0.05) is 13.1 Å². The van der Waals surface area contributed by atoms with Crippen molar-refractivity contribution in [3.05, 3.63) is 62.2 Å². The second kappa shape index (κ2) is 5.49. The topological polar surface area (TPSA) is 44.0 Å². The molecule has 4 nitrogen and oxygen atoms in total. The third kappa shape index (κ3) is 3.19. The largest absolute Gasteiger partial charge is 0.431 e. The maximum Gasteiger partial charge on any atom is 0.431 e. The molecule has 0 atom stereocenters. The van der Waals surface area contributed by atoms with E-state index in [1.54, 1.807) is 0 Å². The van der Waals surface area contributed by atoms with E-state index < -0.39 is 46.4 Å². The zero-order chi connectivity index (χ0) is 18.4. The highest BCUT2D eigenvalue weighted by Crippen LogP contribution is 2.31. The van der Waals surface area contributed by atoms with E-state index in [-0.39, 0.29) is 21.3 Å². The molecule has 0 aliphatic carbocycles. The number of benzene rings is 1. The van der Waals surface area contributed by atoms with Crippen LogP contribution in [0.3, 0.4) is 0 Å². The van der Waals surface area contributed by atoms with Crippen molar-refractivity contribution in [2.24, 2.45) is 7.05 Å². The summed E-state index contributed by atoms with van der Waals surface area (Å²) in [6.07, 6.45) is -10.00. The fourth-order valence-electron chi connectivity index (χ4n) is 2.00. The Bertz CT molecular complexity index is 906. The Balaban J connectivity index is 2.81. The molecular weight excluding hydrogens is 349 g/mol. The van der Waals surface area contributed by atoms with Gasteiger partial charge in [-0.05, 0) is 18.2 Å². The molecule has 0 fully saturated rings. The molecule has 1 heterocycles. The summed E-state index contributed by atoms with van der Waals surface area (Å²) in [6, 6.07) is 0.896. The highest BCUT2D eigenvalue weighted by molar-refractivity contribution is 5.38. The molecular formula is C13H7F7N2O2. The summed E-state index contributed by atoms with van der Waals surface area (Å²) in [4.78, 5) is 23.7. The maximum absolute atomic E-state index is 13.4. The van der Waals surface area contributed by atoms with E-state index in [2.05, 4.69) is 0 Å². The molecule has 130 valence electrons. The normalized spacial score (nSPS) is 12.5. The highest BCUT2D eigenvalue weighted by Gasteiger charge is 2.35. The van der Waals surface area contributed by atoms with Gasteiger partial charge in [-0.1, -0.05) is 0 Å². The van der Waals surface area contributed by atoms with Crippen LogP contribution in [0.15, 0.2) is 33.9 Å². The first kappa shape index (κ1) is 17.8. The predicted molar refractivity (Wildman–Crippen MR) is 67.2 cm³/mol. The number of aromatic nitrogens is 2. The van der Waals surface area contributed by atoms with Gasteiger partial charge in [0.05, 0.1) is 11.3 Å². The minimum atomic E-state index is -5.02. The number of hydrogen-bond acceptors (Lipinski definition) is 2. The Morgan fingerprint density at radius 2 is 1.46 bits per heavy atom. The van der Waals surface area contributed by atoms with E-state index in [1.807, 2.05) is 0 Å². The molecule has 1 aromatic heterocycles. The first-order valence-corrected chi connectivity index (χ1v) is 6.11. The second-order valence-electron chi connectivity index (χ2n) is 4.74. The molecule has 0 aliphatic heterocycles. The molecule has 0 bridgehead atoms. The molecule has 11 heteroatoms. The zero-order valence-electron chi connectivity index (χ0n) is 11.7. The molecule has 0 amide bonds. The molecule has 2 rings (SSSR count). The summed E-state index contributed by atoms with van der Waals surface area (Å²) in [7, 11) is 0.686. The Hall–Kier alpha value is -2.59. The van der Waals surface area contributed by atoms with Gasteiger partial charge in [-0.15, -0.1) is 0 Å². The van der Waals surface area contributed by atoms with Gasteiger partial charge in [-0.2, -0.15) is 26.3 Å². The van der Waals surface area contributed by atoms with Crippen molar-refractivity contribution < 1.29 is 30.7 Å². The van der Waals surface area contributed by atoms with Crippen LogP contribution >= 0.6 is 0 Å². The van der Waals surface area contributed by atoms with E-state index in [0.29, 0.717) is 19.2 Å². The predicted octanol–water partition coefficient (Wildman–Crippen LogP) is 2.71. The molecule has 2 aromatic rings. The fourth-order valence-corrected chi connectivity index (χ4v) is 2.00. The SMILES string of the molecule is Cn1c(C(F)(F)F)cc(=O)n(-c2cc(F)cc(C(F)(F)F)c2)c1=O. The molecule has 0 unspecified atom stereocenters. The zero-order valence-corrected chi connectivity index (χ0v) is 11.7. The Labute approximate surface area is 128 Å². The highest BCUT2D eigenvalue weighted by atomic mass is 19.4. The number of hydrogen-bond donors (Lipinski definition) is 0. The van der Waals surface area contributed by atoms with Crippen molar-refractivity contribution in [1.82, 2.24) is 9.13 Å². The summed E-state index contributed by atoms with van der Waals surface area (Å²) in [5, 5.41) is 0. The smallest absolute Gasteiger partial charge is 0.292 e. The van der Waals surface area contributed by atoms with Crippen LogP contribution in [0.5, 0.6) is 0 Å².